The zero-order valence-corrected chi connectivity index (χ0v) is 10.5. The van der Waals surface area contributed by atoms with Crippen LogP contribution < -0.4 is 5.32 Å². The highest BCUT2D eigenvalue weighted by Crippen LogP contribution is 2.26. The van der Waals surface area contributed by atoms with Crippen LogP contribution >= 0.6 is 24.0 Å². The van der Waals surface area contributed by atoms with E-state index in [1.165, 1.54) is 30.4 Å². The monoisotopic (exact) mass is 245 g/mol. The minimum Gasteiger partial charge on any atom is -0.310 e. The fourth-order valence-electron chi connectivity index (χ4n) is 2.02. The average molecular weight is 246 g/mol. The molecule has 0 saturated carbocycles. The summed E-state index contributed by atoms with van der Waals surface area (Å²) >= 11 is 6.00. The number of piperidine rings is 1. The number of hydrogen-bond donors (Lipinski definition) is 1. The first-order valence-electron chi connectivity index (χ1n) is 5.27. The van der Waals surface area contributed by atoms with E-state index in [9.17, 15) is 0 Å². The molecule has 1 aromatic rings. The fourth-order valence-corrected chi connectivity index (χ4v) is 2.14. The van der Waals surface area contributed by atoms with E-state index in [1.54, 1.807) is 0 Å². The fraction of sp³-hybridized carbons (Fsp3) is 0.500. The van der Waals surface area contributed by atoms with Crippen LogP contribution in [0.3, 0.4) is 0 Å². The summed E-state index contributed by atoms with van der Waals surface area (Å²) in [4.78, 5) is 0. The molecule has 84 valence electrons. The number of hydrogen-bond acceptors (Lipinski definition) is 1. The van der Waals surface area contributed by atoms with Gasteiger partial charge in [-0.05, 0) is 43.5 Å². The molecular weight excluding hydrogens is 229 g/mol. The Morgan fingerprint density at radius 3 is 2.73 bits per heavy atom. The van der Waals surface area contributed by atoms with Crippen LogP contribution in [0.15, 0.2) is 18.2 Å². The Labute approximate surface area is 103 Å². The predicted molar refractivity (Wildman–Crippen MR) is 68.0 cm³/mol. The molecule has 1 aliphatic heterocycles. The van der Waals surface area contributed by atoms with Crippen molar-refractivity contribution in [2.75, 3.05) is 6.54 Å². The van der Waals surface area contributed by atoms with Crippen LogP contribution in [0, 0.1) is 6.92 Å². The Hall–Kier alpha value is -0.240. The van der Waals surface area contributed by atoms with E-state index in [1.807, 2.05) is 6.07 Å². The summed E-state index contributed by atoms with van der Waals surface area (Å²) in [6, 6.07) is 6.88. The lowest BCUT2D eigenvalue weighted by molar-refractivity contribution is 0.412. The second-order valence-electron chi connectivity index (χ2n) is 4.01. The van der Waals surface area contributed by atoms with Gasteiger partial charge in [-0.25, -0.2) is 0 Å². The third kappa shape index (κ3) is 3.10. The van der Waals surface area contributed by atoms with E-state index in [0.717, 1.165) is 11.6 Å². The molecule has 1 nitrogen and oxygen atoms in total. The molecule has 0 amide bonds. The van der Waals surface area contributed by atoms with Gasteiger partial charge in [-0.15, -0.1) is 12.4 Å². The smallest absolute Gasteiger partial charge is 0.0435 e. The molecule has 1 aromatic carbocycles. The number of benzene rings is 1. The standard InChI is InChI=1S/C12H16ClN.ClH/c1-9-8-10(5-6-11(9)13)12-4-2-3-7-14-12;/h5-6,8,12,14H,2-4,7H2,1H3;1H/t12-;/m0./s1. The summed E-state index contributed by atoms with van der Waals surface area (Å²) in [5.41, 5.74) is 2.56. The highest BCUT2D eigenvalue weighted by Gasteiger charge is 2.14. The zero-order valence-electron chi connectivity index (χ0n) is 8.92. The van der Waals surface area contributed by atoms with Gasteiger partial charge in [0.05, 0.1) is 0 Å². The van der Waals surface area contributed by atoms with Gasteiger partial charge in [-0.3, -0.25) is 0 Å². The molecule has 1 heterocycles. The molecule has 0 unspecified atom stereocenters. The van der Waals surface area contributed by atoms with Crippen LogP contribution in [0.5, 0.6) is 0 Å². The molecule has 1 saturated heterocycles. The largest absolute Gasteiger partial charge is 0.310 e. The lowest BCUT2D eigenvalue weighted by atomic mass is 9.96. The van der Waals surface area contributed by atoms with E-state index in [-0.39, 0.29) is 12.4 Å². The first-order chi connectivity index (χ1) is 6.77. The van der Waals surface area contributed by atoms with Gasteiger partial charge in [0.25, 0.3) is 0 Å². The van der Waals surface area contributed by atoms with Crippen molar-refractivity contribution in [2.24, 2.45) is 0 Å². The van der Waals surface area contributed by atoms with Crippen molar-refractivity contribution in [3.8, 4) is 0 Å². The number of rotatable bonds is 1. The second-order valence-corrected chi connectivity index (χ2v) is 4.42. The van der Waals surface area contributed by atoms with Crippen molar-refractivity contribution in [2.45, 2.75) is 32.2 Å². The van der Waals surface area contributed by atoms with Crippen molar-refractivity contribution in [1.29, 1.82) is 0 Å². The molecule has 0 radical (unpaired) electrons. The maximum Gasteiger partial charge on any atom is 0.0435 e. The number of aryl methyl sites for hydroxylation is 1. The highest BCUT2D eigenvalue weighted by atomic mass is 35.5. The molecule has 0 bridgehead atoms. The Bertz CT molecular complexity index is 319. The third-order valence-electron chi connectivity index (χ3n) is 2.89. The summed E-state index contributed by atoms with van der Waals surface area (Å²) in [7, 11) is 0. The molecule has 0 spiro atoms. The second kappa shape index (κ2) is 5.74. The zero-order chi connectivity index (χ0) is 9.97. The Balaban J connectivity index is 0.00000112. The van der Waals surface area contributed by atoms with Gasteiger partial charge in [0, 0.05) is 11.1 Å². The van der Waals surface area contributed by atoms with Crippen molar-refractivity contribution in [3.05, 3.63) is 34.3 Å². The lowest BCUT2D eigenvalue weighted by Crippen LogP contribution is -2.26. The Kier molecular flexibility index (Phi) is 4.91. The maximum absolute atomic E-state index is 6.00. The molecular formula is C12H17Cl2N. The van der Waals surface area contributed by atoms with Gasteiger partial charge in [0.1, 0.15) is 0 Å². The van der Waals surface area contributed by atoms with Crippen LogP contribution in [0.4, 0.5) is 0 Å². The number of nitrogens with one attached hydrogen (secondary N) is 1. The summed E-state index contributed by atoms with van der Waals surface area (Å²) in [6.45, 7) is 3.21. The van der Waals surface area contributed by atoms with E-state index in [0.29, 0.717) is 6.04 Å². The van der Waals surface area contributed by atoms with E-state index >= 15 is 0 Å². The van der Waals surface area contributed by atoms with Crippen LogP contribution in [-0.2, 0) is 0 Å². The van der Waals surface area contributed by atoms with E-state index in [2.05, 4.69) is 24.4 Å². The van der Waals surface area contributed by atoms with Crippen LogP contribution in [0.1, 0.15) is 36.4 Å². The van der Waals surface area contributed by atoms with Crippen molar-refractivity contribution < 1.29 is 0 Å². The summed E-state index contributed by atoms with van der Waals surface area (Å²) in [5, 5.41) is 4.40. The normalized spacial score (nSPS) is 20.8. The molecule has 3 heteroatoms. The lowest BCUT2D eigenvalue weighted by Gasteiger charge is -2.24. The molecule has 0 aromatic heterocycles. The topological polar surface area (TPSA) is 12.0 Å². The third-order valence-corrected chi connectivity index (χ3v) is 3.32. The molecule has 1 N–H and O–H groups in total. The van der Waals surface area contributed by atoms with Gasteiger partial charge in [-0.1, -0.05) is 30.2 Å². The SMILES string of the molecule is Cc1cc([C@@H]2CCCCN2)ccc1Cl.Cl. The molecule has 0 aliphatic carbocycles. The van der Waals surface area contributed by atoms with Crippen LogP contribution in [0.25, 0.3) is 0 Å². The van der Waals surface area contributed by atoms with Crippen LogP contribution in [-0.4, -0.2) is 6.54 Å². The van der Waals surface area contributed by atoms with E-state index in [4.69, 9.17) is 11.6 Å². The minimum absolute atomic E-state index is 0. The van der Waals surface area contributed by atoms with Crippen molar-refractivity contribution in [3.63, 3.8) is 0 Å². The summed E-state index contributed by atoms with van der Waals surface area (Å²) < 4.78 is 0. The average Bonchev–Trinajstić information content (AvgIpc) is 2.23. The van der Waals surface area contributed by atoms with Gasteiger partial charge >= 0.3 is 0 Å². The minimum atomic E-state index is 0. The van der Waals surface area contributed by atoms with Crippen molar-refractivity contribution >= 4 is 24.0 Å². The van der Waals surface area contributed by atoms with Crippen LogP contribution in [0.2, 0.25) is 5.02 Å². The predicted octanol–water partition coefficient (Wildman–Crippen LogP) is 3.88. The molecule has 1 aliphatic rings. The maximum atomic E-state index is 6.00. The quantitative estimate of drug-likeness (QED) is 0.792. The first-order valence-corrected chi connectivity index (χ1v) is 5.64. The van der Waals surface area contributed by atoms with Gasteiger partial charge in [0.15, 0.2) is 0 Å². The molecule has 15 heavy (non-hydrogen) atoms. The molecule has 2 rings (SSSR count). The highest BCUT2D eigenvalue weighted by molar-refractivity contribution is 6.31. The molecule has 1 fully saturated rings. The first kappa shape index (κ1) is 12.8. The molecule has 1 atom stereocenters. The van der Waals surface area contributed by atoms with Gasteiger partial charge in [0.2, 0.25) is 0 Å². The Morgan fingerprint density at radius 2 is 2.13 bits per heavy atom. The summed E-state index contributed by atoms with van der Waals surface area (Å²) in [5.74, 6) is 0. The van der Waals surface area contributed by atoms with Gasteiger partial charge < -0.3 is 5.32 Å². The summed E-state index contributed by atoms with van der Waals surface area (Å²) in [6.07, 6.45) is 3.89. The van der Waals surface area contributed by atoms with E-state index < -0.39 is 0 Å². The van der Waals surface area contributed by atoms with Crippen molar-refractivity contribution in [1.82, 2.24) is 5.32 Å². The van der Waals surface area contributed by atoms with Gasteiger partial charge in [-0.2, -0.15) is 0 Å². The number of halogens is 2. The Morgan fingerprint density at radius 1 is 1.33 bits per heavy atom.